The topological polar surface area (TPSA) is 75.2 Å². The Balaban J connectivity index is 1.56. The molecular formula is C31H38N4O4. The van der Waals surface area contributed by atoms with E-state index in [2.05, 4.69) is 9.88 Å². The summed E-state index contributed by atoms with van der Waals surface area (Å²) in [5.41, 5.74) is 3.86. The summed E-state index contributed by atoms with van der Waals surface area (Å²) in [6.45, 7) is 5.49. The number of pyridine rings is 1. The zero-order chi connectivity index (χ0) is 27.6. The molecule has 0 bridgehead atoms. The Morgan fingerprint density at radius 1 is 0.897 bits per heavy atom. The fourth-order valence-corrected chi connectivity index (χ4v) is 5.00. The maximum absolute atomic E-state index is 13.6. The Morgan fingerprint density at radius 2 is 1.69 bits per heavy atom. The van der Waals surface area contributed by atoms with Gasteiger partial charge in [-0.25, -0.2) is 0 Å². The molecule has 1 aromatic heterocycles. The molecule has 0 aliphatic carbocycles. The zero-order valence-corrected chi connectivity index (χ0v) is 23.1. The fourth-order valence-electron chi connectivity index (χ4n) is 5.00. The van der Waals surface area contributed by atoms with Gasteiger partial charge in [-0.1, -0.05) is 30.3 Å². The van der Waals surface area contributed by atoms with Gasteiger partial charge in [0, 0.05) is 64.5 Å². The molecule has 8 heteroatoms. The fraction of sp³-hybridized carbons (Fsp3) is 0.387. The number of aryl methyl sites for hydroxylation is 1. The minimum atomic E-state index is 0.00398. The Labute approximate surface area is 231 Å². The quantitative estimate of drug-likeness (QED) is 0.453. The second kappa shape index (κ2) is 13.8. The van der Waals surface area contributed by atoms with Gasteiger partial charge >= 0.3 is 0 Å². The second-order valence-electron chi connectivity index (χ2n) is 9.75. The molecule has 2 heterocycles. The summed E-state index contributed by atoms with van der Waals surface area (Å²) in [4.78, 5) is 36.9. The number of amides is 2. The number of carbonyl (C=O) groups excluding carboxylic acids is 2. The van der Waals surface area contributed by atoms with Crippen molar-refractivity contribution in [3.05, 3.63) is 83.7 Å². The van der Waals surface area contributed by atoms with E-state index in [-0.39, 0.29) is 11.8 Å². The van der Waals surface area contributed by atoms with Crippen LogP contribution in [0.3, 0.4) is 0 Å². The number of rotatable bonds is 7. The van der Waals surface area contributed by atoms with Gasteiger partial charge in [-0.2, -0.15) is 0 Å². The van der Waals surface area contributed by atoms with E-state index in [1.165, 1.54) is 0 Å². The van der Waals surface area contributed by atoms with Crippen LogP contribution in [0.1, 0.15) is 36.6 Å². The first-order valence-corrected chi connectivity index (χ1v) is 13.5. The summed E-state index contributed by atoms with van der Waals surface area (Å²) in [6, 6.07) is 19.6. The lowest BCUT2D eigenvalue weighted by Crippen LogP contribution is -2.38. The van der Waals surface area contributed by atoms with Gasteiger partial charge in [0.25, 0.3) is 0 Å². The predicted octanol–water partition coefficient (Wildman–Crippen LogP) is 4.32. The van der Waals surface area contributed by atoms with Gasteiger partial charge in [-0.15, -0.1) is 0 Å². The molecule has 1 aliphatic rings. The number of aromatic nitrogens is 1. The average Bonchev–Trinajstić information content (AvgIpc) is 2.99. The summed E-state index contributed by atoms with van der Waals surface area (Å²) >= 11 is 0. The number of carbonyl (C=O) groups is 2. The van der Waals surface area contributed by atoms with Crippen LogP contribution in [-0.2, 0) is 29.1 Å². The minimum Gasteiger partial charge on any atom is -0.493 e. The lowest BCUT2D eigenvalue weighted by molar-refractivity contribution is -0.132. The van der Waals surface area contributed by atoms with Crippen LogP contribution in [0.25, 0.3) is 0 Å². The summed E-state index contributed by atoms with van der Waals surface area (Å²) in [5, 5.41) is 0. The largest absolute Gasteiger partial charge is 0.493 e. The molecule has 1 aliphatic heterocycles. The molecule has 206 valence electrons. The first-order chi connectivity index (χ1) is 19.0. The smallest absolute Gasteiger partial charge is 0.223 e. The third kappa shape index (κ3) is 7.57. The van der Waals surface area contributed by atoms with Gasteiger partial charge in [0.2, 0.25) is 11.8 Å². The lowest BCUT2D eigenvalue weighted by Gasteiger charge is -2.28. The maximum atomic E-state index is 13.6. The number of anilines is 1. The highest BCUT2D eigenvalue weighted by Gasteiger charge is 2.22. The highest BCUT2D eigenvalue weighted by Crippen LogP contribution is 2.28. The monoisotopic (exact) mass is 530 g/mol. The van der Waals surface area contributed by atoms with E-state index in [1.54, 1.807) is 27.3 Å². The molecule has 0 N–H and O–H groups in total. The number of hydrogen-bond acceptors (Lipinski definition) is 6. The molecule has 39 heavy (non-hydrogen) atoms. The maximum Gasteiger partial charge on any atom is 0.223 e. The molecule has 0 atom stereocenters. The minimum absolute atomic E-state index is 0.00398. The molecule has 0 saturated carbocycles. The Kier molecular flexibility index (Phi) is 9.91. The van der Waals surface area contributed by atoms with E-state index in [1.807, 2.05) is 70.5 Å². The van der Waals surface area contributed by atoms with Gasteiger partial charge < -0.3 is 19.3 Å². The molecule has 0 fully saturated rings. The lowest BCUT2D eigenvalue weighted by atomic mass is 10.1. The highest BCUT2D eigenvalue weighted by atomic mass is 16.5. The average molecular weight is 531 g/mol. The van der Waals surface area contributed by atoms with Crippen LogP contribution in [0.4, 0.5) is 5.69 Å². The third-order valence-corrected chi connectivity index (χ3v) is 7.11. The number of nitrogens with zero attached hydrogens (tertiary/aromatic N) is 4. The van der Waals surface area contributed by atoms with Gasteiger partial charge in [-0.05, 0) is 54.3 Å². The second-order valence-corrected chi connectivity index (χ2v) is 9.75. The predicted molar refractivity (Wildman–Crippen MR) is 152 cm³/mol. The molecular weight excluding hydrogens is 492 g/mol. The number of benzene rings is 2. The number of para-hydroxylation sites is 1. The van der Waals surface area contributed by atoms with Crippen molar-refractivity contribution < 1.29 is 19.1 Å². The van der Waals surface area contributed by atoms with Crippen molar-refractivity contribution in [2.24, 2.45) is 0 Å². The summed E-state index contributed by atoms with van der Waals surface area (Å²) in [5.74, 6) is 1.40. The Bertz CT molecular complexity index is 1250. The van der Waals surface area contributed by atoms with E-state index in [0.29, 0.717) is 50.5 Å². The molecule has 2 aromatic carbocycles. The molecule has 3 aromatic rings. The molecule has 2 amide bonds. The zero-order valence-electron chi connectivity index (χ0n) is 23.1. The van der Waals surface area contributed by atoms with Crippen molar-refractivity contribution >= 4 is 17.5 Å². The number of ether oxygens (including phenoxy) is 2. The molecule has 0 unspecified atom stereocenters. The summed E-state index contributed by atoms with van der Waals surface area (Å²) < 4.78 is 10.8. The van der Waals surface area contributed by atoms with Gasteiger partial charge in [0.05, 0.1) is 19.9 Å². The van der Waals surface area contributed by atoms with Crippen molar-refractivity contribution in [2.45, 2.75) is 39.3 Å². The van der Waals surface area contributed by atoms with Crippen LogP contribution in [-0.4, -0.2) is 67.0 Å². The summed E-state index contributed by atoms with van der Waals surface area (Å²) in [7, 11) is 3.22. The Hall–Kier alpha value is -3.91. The highest BCUT2D eigenvalue weighted by molar-refractivity contribution is 5.92. The SMILES string of the molecule is COc1ccc(CCC(=O)N2CCN(Cc3ccccn3)CCCN(C(C)=O)c3ccccc3C2)cc1OC. The van der Waals surface area contributed by atoms with Crippen LogP contribution in [0.15, 0.2) is 66.9 Å². The van der Waals surface area contributed by atoms with Crippen molar-refractivity contribution in [3.63, 3.8) is 0 Å². The normalized spacial score (nSPS) is 14.7. The first kappa shape index (κ1) is 28.1. The molecule has 4 rings (SSSR count). The van der Waals surface area contributed by atoms with E-state index in [4.69, 9.17) is 9.47 Å². The van der Waals surface area contributed by atoms with Gasteiger partial charge in [0.1, 0.15) is 0 Å². The number of methoxy groups -OCH3 is 2. The van der Waals surface area contributed by atoms with Crippen LogP contribution in [0, 0.1) is 0 Å². The van der Waals surface area contributed by atoms with Crippen molar-refractivity contribution in [1.82, 2.24) is 14.8 Å². The molecule has 8 nitrogen and oxygen atoms in total. The van der Waals surface area contributed by atoms with Gasteiger partial charge in [-0.3, -0.25) is 19.5 Å². The number of fused-ring (bicyclic) bond motifs is 1. The van der Waals surface area contributed by atoms with Gasteiger partial charge in [0.15, 0.2) is 11.5 Å². The number of hydrogen-bond donors (Lipinski definition) is 0. The van der Waals surface area contributed by atoms with Crippen molar-refractivity contribution in [3.8, 4) is 11.5 Å². The van der Waals surface area contributed by atoms with E-state index in [9.17, 15) is 9.59 Å². The van der Waals surface area contributed by atoms with E-state index in [0.717, 1.165) is 42.0 Å². The Morgan fingerprint density at radius 3 is 2.44 bits per heavy atom. The molecule has 0 spiro atoms. The molecule has 0 saturated heterocycles. The molecule has 0 radical (unpaired) electrons. The van der Waals surface area contributed by atoms with Crippen LogP contribution >= 0.6 is 0 Å². The first-order valence-electron chi connectivity index (χ1n) is 13.5. The van der Waals surface area contributed by atoms with Crippen LogP contribution < -0.4 is 14.4 Å². The van der Waals surface area contributed by atoms with E-state index < -0.39 is 0 Å². The van der Waals surface area contributed by atoms with Crippen LogP contribution in [0.2, 0.25) is 0 Å². The standard InChI is InChI=1S/C31H38N4O4/c1-24(36)35-18-8-17-33(23-27-10-6-7-16-32-27)19-20-34(22-26-9-4-5-11-28(26)35)31(37)15-13-25-12-14-29(38-2)30(21-25)39-3/h4-7,9-12,14,16,21H,8,13,15,17-20,22-23H2,1-3H3. The van der Waals surface area contributed by atoms with Crippen molar-refractivity contribution in [2.75, 3.05) is 45.3 Å². The van der Waals surface area contributed by atoms with Crippen molar-refractivity contribution in [1.29, 1.82) is 0 Å². The summed E-state index contributed by atoms with van der Waals surface area (Å²) in [6.07, 6.45) is 3.59. The van der Waals surface area contributed by atoms with Crippen LogP contribution in [0.5, 0.6) is 11.5 Å². The third-order valence-electron chi connectivity index (χ3n) is 7.11. The van der Waals surface area contributed by atoms with E-state index >= 15 is 0 Å².